The van der Waals surface area contributed by atoms with Crippen LogP contribution in [0.5, 0.6) is 5.75 Å². The minimum Gasteiger partial charge on any atom is -0.467 e. The highest BCUT2D eigenvalue weighted by molar-refractivity contribution is 6.22. The highest BCUT2D eigenvalue weighted by atomic mass is 17.2. The van der Waals surface area contributed by atoms with Gasteiger partial charge >= 0.3 is 5.97 Å². The summed E-state index contributed by atoms with van der Waals surface area (Å²) in [5.41, 5.74) is 1.88. The average molecular weight is 365 g/mol. The molecule has 7 heteroatoms. The van der Waals surface area contributed by atoms with E-state index in [4.69, 9.17) is 14.5 Å². The fourth-order valence-corrected chi connectivity index (χ4v) is 3.28. The Morgan fingerprint density at radius 1 is 1.00 bits per heavy atom. The SMILES string of the molecule is COC(=O)[C@H](CC1=COOc2ccccc21)N1C(=O)c2ccccc2C1=O. The van der Waals surface area contributed by atoms with Gasteiger partial charge in [0.25, 0.3) is 11.8 Å². The monoisotopic (exact) mass is 365 g/mol. The zero-order valence-corrected chi connectivity index (χ0v) is 14.4. The molecule has 0 radical (unpaired) electrons. The van der Waals surface area contributed by atoms with Crippen molar-refractivity contribution in [2.75, 3.05) is 7.11 Å². The number of imide groups is 1. The summed E-state index contributed by atoms with van der Waals surface area (Å²) in [6.07, 6.45) is 1.40. The highest BCUT2D eigenvalue weighted by Gasteiger charge is 2.43. The predicted octanol–water partition coefficient (Wildman–Crippen LogP) is 2.58. The topological polar surface area (TPSA) is 82.1 Å². The molecular weight excluding hydrogens is 350 g/mol. The lowest BCUT2D eigenvalue weighted by molar-refractivity contribution is -0.152. The van der Waals surface area contributed by atoms with E-state index in [9.17, 15) is 14.4 Å². The Morgan fingerprint density at radius 3 is 2.22 bits per heavy atom. The molecule has 136 valence electrons. The molecule has 7 nitrogen and oxygen atoms in total. The van der Waals surface area contributed by atoms with Gasteiger partial charge in [0, 0.05) is 17.6 Å². The fourth-order valence-electron chi connectivity index (χ4n) is 3.28. The van der Waals surface area contributed by atoms with Crippen molar-refractivity contribution in [2.45, 2.75) is 12.5 Å². The zero-order chi connectivity index (χ0) is 19.0. The Labute approximate surface area is 154 Å². The third-order valence-corrected chi connectivity index (χ3v) is 4.58. The first-order valence-corrected chi connectivity index (χ1v) is 8.28. The number of esters is 1. The molecule has 0 aliphatic carbocycles. The van der Waals surface area contributed by atoms with Crippen LogP contribution in [0.2, 0.25) is 0 Å². The maximum atomic E-state index is 12.8. The number of hydrogen-bond acceptors (Lipinski definition) is 6. The van der Waals surface area contributed by atoms with Crippen molar-refractivity contribution in [3.8, 4) is 5.75 Å². The fraction of sp³-hybridized carbons (Fsp3) is 0.150. The number of carbonyl (C=O) groups excluding carboxylic acids is 3. The van der Waals surface area contributed by atoms with Crippen molar-refractivity contribution in [1.82, 2.24) is 4.90 Å². The van der Waals surface area contributed by atoms with Crippen molar-refractivity contribution in [3.63, 3.8) is 0 Å². The number of benzene rings is 2. The minimum absolute atomic E-state index is 0.0402. The van der Waals surface area contributed by atoms with Gasteiger partial charge in [-0.1, -0.05) is 30.3 Å². The normalized spacial score (nSPS) is 15.9. The van der Waals surface area contributed by atoms with Crippen molar-refractivity contribution in [1.29, 1.82) is 0 Å². The molecular formula is C20H15NO6. The second-order valence-electron chi connectivity index (χ2n) is 6.09. The number of hydrogen-bond donors (Lipinski definition) is 0. The lowest BCUT2D eigenvalue weighted by Gasteiger charge is -2.26. The van der Waals surface area contributed by atoms with Crippen LogP contribution in [0.1, 0.15) is 32.7 Å². The molecule has 0 saturated carbocycles. The number of methoxy groups -OCH3 is 1. The summed E-state index contributed by atoms with van der Waals surface area (Å²) >= 11 is 0. The molecule has 0 spiro atoms. The van der Waals surface area contributed by atoms with E-state index >= 15 is 0 Å². The van der Waals surface area contributed by atoms with Gasteiger partial charge < -0.3 is 4.74 Å². The van der Waals surface area contributed by atoms with Gasteiger partial charge in [-0.25, -0.2) is 4.79 Å². The Hall–Kier alpha value is -3.61. The number of nitrogens with zero attached hydrogens (tertiary/aromatic N) is 1. The van der Waals surface area contributed by atoms with Crippen LogP contribution in [0.3, 0.4) is 0 Å². The molecule has 2 aromatic carbocycles. The van der Waals surface area contributed by atoms with Gasteiger partial charge in [0.15, 0.2) is 5.75 Å². The van der Waals surface area contributed by atoms with Gasteiger partial charge in [-0.2, -0.15) is 0 Å². The van der Waals surface area contributed by atoms with Gasteiger partial charge in [0.1, 0.15) is 12.3 Å². The maximum absolute atomic E-state index is 12.8. The van der Waals surface area contributed by atoms with Crippen LogP contribution in [0.15, 0.2) is 54.8 Å². The molecule has 2 aliphatic heterocycles. The summed E-state index contributed by atoms with van der Waals surface area (Å²) in [5, 5.41) is 0. The molecule has 0 fully saturated rings. The van der Waals surface area contributed by atoms with Crippen molar-refractivity contribution in [2.24, 2.45) is 0 Å². The summed E-state index contributed by atoms with van der Waals surface area (Å²) in [6, 6.07) is 12.5. The Morgan fingerprint density at radius 2 is 1.59 bits per heavy atom. The van der Waals surface area contributed by atoms with Crippen LogP contribution in [0, 0.1) is 0 Å². The van der Waals surface area contributed by atoms with Gasteiger partial charge in [-0.15, -0.1) is 0 Å². The van der Waals surface area contributed by atoms with Gasteiger partial charge in [-0.05, 0) is 18.2 Å². The number of fused-ring (bicyclic) bond motifs is 2. The quantitative estimate of drug-likeness (QED) is 0.471. The molecule has 27 heavy (non-hydrogen) atoms. The van der Waals surface area contributed by atoms with Crippen molar-refractivity contribution < 1.29 is 28.9 Å². The van der Waals surface area contributed by atoms with E-state index in [1.807, 2.05) is 6.07 Å². The Balaban J connectivity index is 1.70. The smallest absolute Gasteiger partial charge is 0.329 e. The number of ether oxygens (including phenoxy) is 1. The first-order chi connectivity index (χ1) is 13.1. The molecule has 0 unspecified atom stereocenters. The second-order valence-corrected chi connectivity index (χ2v) is 6.09. The van der Waals surface area contributed by atoms with Crippen LogP contribution in [-0.4, -0.2) is 35.8 Å². The summed E-state index contributed by atoms with van der Waals surface area (Å²) in [6.45, 7) is 0. The first kappa shape index (κ1) is 16.8. The molecule has 0 bridgehead atoms. The maximum Gasteiger partial charge on any atom is 0.329 e. The van der Waals surface area contributed by atoms with Crippen LogP contribution < -0.4 is 4.89 Å². The lowest BCUT2D eigenvalue weighted by Crippen LogP contribution is -2.45. The Kier molecular flexibility index (Phi) is 4.12. The van der Waals surface area contributed by atoms with E-state index in [0.29, 0.717) is 16.9 Å². The second kappa shape index (κ2) is 6.60. The Bertz CT molecular complexity index is 945. The molecule has 0 saturated heterocycles. The molecule has 2 aliphatic rings. The molecule has 4 rings (SSSR count). The van der Waals surface area contributed by atoms with Crippen LogP contribution in [0.4, 0.5) is 0 Å². The third-order valence-electron chi connectivity index (χ3n) is 4.58. The van der Waals surface area contributed by atoms with E-state index in [1.165, 1.54) is 13.4 Å². The summed E-state index contributed by atoms with van der Waals surface area (Å²) in [7, 11) is 1.22. The zero-order valence-electron chi connectivity index (χ0n) is 14.4. The van der Waals surface area contributed by atoms with Gasteiger partial charge in [0.2, 0.25) is 0 Å². The highest BCUT2D eigenvalue weighted by Crippen LogP contribution is 2.35. The summed E-state index contributed by atoms with van der Waals surface area (Å²) < 4.78 is 4.87. The van der Waals surface area contributed by atoms with Crippen molar-refractivity contribution >= 4 is 23.4 Å². The van der Waals surface area contributed by atoms with Crippen LogP contribution in [0.25, 0.3) is 5.57 Å². The predicted molar refractivity (Wildman–Crippen MR) is 93.5 cm³/mol. The molecule has 0 aromatic heterocycles. The van der Waals surface area contributed by atoms with E-state index < -0.39 is 23.8 Å². The van der Waals surface area contributed by atoms with E-state index in [0.717, 1.165) is 4.90 Å². The van der Waals surface area contributed by atoms with Crippen molar-refractivity contribution in [3.05, 3.63) is 71.5 Å². The first-order valence-electron chi connectivity index (χ1n) is 8.28. The van der Waals surface area contributed by atoms with Crippen LogP contribution >= 0.6 is 0 Å². The van der Waals surface area contributed by atoms with E-state index in [1.54, 1.807) is 42.5 Å². The number of amides is 2. The molecule has 2 aromatic rings. The lowest BCUT2D eigenvalue weighted by atomic mass is 9.97. The average Bonchev–Trinajstić information content (AvgIpc) is 2.96. The number of carbonyl (C=O) groups is 3. The minimum atomic E-state index is -1.12. The molecule has 0 N–H and O–H groups in total. The standard InChI is InChI=1S/C20H15NO6/c1-25-20(24)16(10-12-11-26-27-17-9-5-4-6-13(12)17)21-18(22)14-7-2-3-8-15(14)19(21)23/h2-9,11,16H,10H2,1H3/t16-/m0/s1. The van der Waals surface area contributed by atoms with E-state index in [-0.39, 0.29) is 17.5 Å². The molecule has 1 atom stereocenters. The molecule has 2 heterocycles. The molecule has 2 amide bonds. The van der Waals surface area contributed by atoms with Crippen LogP contribution in [-0.2, 0) is 14.4 Å². The number of para-hydroxylation sites is 1. The summed E-state index contributed by atoms with van der Waals surface area (Å²) in [4.78, 5) is 49.1. The van der Waals surface area contributed by atoms with E-state index in [2.05, 4.69) is 0 Å². The third kappa shape index (κ3) is 2.73. The summed E-state index contributed by atoms with van der Waals surface area (Å²) in [5.74, 6) is -1.24. The number of rotatable bonds is 4. The van der Waals surface area contributed by atoms with Gasteiger partial charge in [-0.3, -0.25) is 24.3 Å². The van der Waals surface area contributed by atoms with Gasteiger partial charge in [0.05, 0.1) is 18.2 Å². The largest absolute Gasteiger partial charge is 0.467 e.